The number of carbonyl (C=O) groups excluding carboxylic acids is 1. The number of benzene rings is 1. The van der Waals surface area contributed by atoms with Crippen LogP contribution in [0.15, 0.2) is 17.1 Å². The van der Waals surface area contributed by atoms with Gasteiger partial charge in [-0.05, 0) is 19.1 Å². The Morgan fingerprint density at radius 3 is 2.80 bits per heavy atom. The molecule has 20 heavy (non-hydrogen) atoms. The number of hydrogen-bond acceptors (Lipinski definition) is 4. The number of aliphatic imine (C=N–C) groups is 1. The number of hydrogen-bond donors (Lipinski definition) is 1. The van der Waals surface area contributed by atoms with Crippen LogP contribution in [0.4, 0.5) is 18.9 Å². The third kappa shape index (κ3) is 3.49. The minimum absolute atomic E-state index is 0.373. The summed E-state index contributed by atoms with van der Waals surface area (Å²) in [6.45, 7) is 2.36. The van der Waals surface area contributed by atoms with Gasteiger partial charge in [-0.25, -0.2) is 13.2 Å². The molecular weight excluding hydrogens is 309 g/mol. The van der Waals surface area contributed by atoms with E-state index in [1.807, 2.05) is 0 Å². The number of rotatable bonds is 3. The van der Waals surface area contributed by atoms with Gasteiger partial charge in [0.15, 0.2) is 17.5 Å². The zero-order chi connectivity index (χ0) is 14.7. The zero-order valence-electron chi connectivity index (χ0n) is 10.5. The third-order valence-corrected chi connectivity index (χ3v) is 4.80. The quantitative estimate of drug-likeness (QED) is 0.869. The van der Waals surface area contributed by atoms with Crippen molar-refractivity contribution in [3.05, 3.63) is 29.6 Å². The molecule has 2 rings (SSSR count). The Labute approximate surface area is 122 Å². The average Bonchev–Trinajstić information content (AvgIpc) is 2.92. The first-order chi connectivity index (χ1) is 9.49. The molecule has 108 valence electrons. The fourth-order valence-electron chi connectivity index (χ4n) is 1.45. The van der Waals surface area contributed by atoms with E-state index in [0.717, 1.165) is 28.8 Å². The maximum absolute atomic E-state index is 13.4. The van der Waals surface area contributed by atoms with E-state index in [0.29, 0.717) is 0 Å². The Balaban J connectivity index is 2.02. The summed E-state index contributed by atoms with van der Waals surface area (Å²) < 4.78 is 40.0. The highest BCUT2D eigenvalue weighted by Crippen LogP contribution is 2.27. The maximum atomic E-state index is 13.4. The monoisotopic (exact) mass is 320 g/mol. The summed E-state index contributed by atoms with van der Waals surface area (Å²) in [4.78, 5) is 16.1. The van der Waals surface area contributed by atoms with Gasteiger partial charge >= 0.3 is 0 Å². The van der Waals surface area contributed by atoms with Crippen LogP contribution >= 0.6 is 23.5 Å². The van der Waals surface area contributed by atoms with Crippen LogP contribution in [-0.4, -0.2) is 27.8 Å². The molecule has 0 unspecified atom stereocenters. The maximum Gasteiger partial charge on any atom is 0.237 e. The summed E-state index contributed by atoms with van der Waals surface area (Å²) in [7, 11) is 0. The predicted molar refractivity (Wildman–Crippen MR) is 76.8 cm³/mol. The van der Waals surface area contributed by atoms with E-state index < -0.39 is 28.6 Å². The number of nitrogens with one attached hydrogen (secondary N) is 1. The van der Waals surface area contributed by atoms with Crippen molar-refractivity contribution in [2.75, 3.05) is 17.6 Å². The van der Waals surface area contributed by atoms with Gasteiger partial charge in [-0.1, -0.05) is 23.5 Å². The van der Waals surface area contributed by atoms with Gasteiger partial charge in [0.1, 0.15) is 4.38 Å². The Morgan fingerprint density at radius 2 is 2.15 bits per heavy atom. The first-order valence-corrected chi connectivity index (χ1v) is 7.64. The highest BCUT2D eigenvalue weighted by Gasteiger charge is 2.21. The SMILES string of the molecule is C[C@H](SC1=NCCS1)C(=O)Nc1ccc(F)c(F)c1F. The summed E-state index contributed by atoms with van der Waals surface area (Å²) in [5, 5.41) is 1.74. The van der Waals surface area contributed by atoms with Gasteiger partial charge in [0, 0.05) is 5.75 Å². The minimum atomic E-state index is -1.60. The number of carbonyl (C=O) groups is 1. The molecule has 0 aromatic heterocycles. The fraction of sp³-hybridized carbons (Fsp3) is 0.333. The molecule has 0 saturated heterocycles. The van der Waals surface area contributed by atoms with Crippen LogP contribution < -0.4 is 5.32 Å². The van der Waals surface area contributed by atoms with Crippen molar-refractivity contribution in [1.82, 2.24) is 0 Å². The molecular formula is C12H11F3N2OS2. The molecule has 1 aliphatic heterocycles. The van der Waals surface area contributed by atoms with Crippen molar-refractivity contribution in [1.29, 1.82) is 0 Å². The molecule has 0 bridgehead atoms. The Morgan fingerprint density at radius 1 is 1.40 bits per heavy atom. The largest absolute Gasteiger partial charge is 0.323 e. The van der Waals surface area contributed by atoms with E-state index in [1.165, 1.54) is 11.8 Å². The van der Waals surface area contributed by atoms with E-state index in [4.69, 9.17) is 0 Å². The van der Waals surface area contributed by atoms with Crippen LogP contribution in [0.5, 0.6) is 0 Å². The van der Waals surface area contributed by atoms with E-state index in [9.17, 15) is 18.0 Å². The first kappa shape index (κ1) is 15.2. The zero-order valence-corrected chi connectivity index (χ0v) is 12.1. The van der Waals surface area contributed by atoms with Crippen LogP contribution in [-0.2, 0) is 4.79 Å². The second kappa shape index (κ2) is 6.53. The second-order valence-electron chi connectivity index (χ2n) is 3.97. The molecule has 0 saturated carbocycles. The standard InChI is InChI=1S/C12H11F3N2OS2/c1-6(20-12-16-4-5-19-12)11(18)17-8-3-2-7(13)9(14)10(8)15/h2-3,6H,4-5H2,1H3,(H,17,18)/t6-/m0/s1. The molecule has 1 amide bonds. The van der Waals surface area contributed by atoms with E-state index in [-0.39, 0.29) is 5.69 Å². The van der Waals surface area contributed by atoms with E-state index in [2.05, 4.69) is 10.3 Å². The third-order valence-electron chi connectivity index (χ3n) is 2.50. The molecule has 0 fully saturated rings. The highest BCUT2D eigenvalue weighted by molar-refractivity contribution is 8.39. The summed E-state index contributed by atoms with van der Waals surface area (Å²) in [5.41, 5.74) is -0.373. The van der Waals surface area contributed by atoms with Gasteiger partial charge in [-0.3, -0.25) is 9.79 Å². The van der Waals surface area contributed by atoms with Crippen molar-refractivity contribution in [3.8, 4) is 0 Å². The van der Waals surface area contributed by atoms with Gasteiger partial charge in [0.05, 0.1) is 17.5 Å². The molecule has 8 heteroatoms. The Kier molecular flexibility index (Phi) is 4.98. The summed E-state index contributed by atoms with van der Waals surface area (Å²) in [6, 6.07) is 1.76. The summed E-state index contributed by atoms with van der Waals surface area (Å²) >= 11 is 2.81. The van der Waals surface area contributed by atoms with E-state index in [1.54, 1.807) is 18.7 Å². The Bertz CT molecular complexity index is 566. The molecule has 1 aromatic rings. The molecule has 0 aliphatic carbocycles. The summed E-state index contributed by atoms with van der Waals surface area (Å²) in [6.07, 6.45) is 0. The number of amides is 1. The highest BCUT2D eigenvalue weighted by atomic mass is 32.2. The Hall–Kier alpha value is -1.15. The van der Waals surface area contributed by atoms with Crippen LogP contribution in [0.2, 0.25) is 0 Å². The number of thioether (sulfide) groups is 2. The smallest absolute Gasteiger partial charge is 0.237 e. The molecule has 1 aliphatic rings. The lowest BCUT2D eigenvalue weighted by atomic mass is 10.2. The lowest BCUT2D eigenvalue weighted by Gasteiger charge is -2.12. The fourth-order valence-corrected chi connectivity index (χ4v) is 3.58. The van der Waals surface area contributed by atoms with E-state index >= 15 is 0 Å². The number of halogens is 3. The first-order valence-electron chi connectivity index (χ1n) is 5.77. The van der Waals surface area contributed by atoms with Crippen molar-refractivity contribution in [2.45, 2.75) is 12.2 Å². The van der Waals surface area contributed by atoms with Crippen molar-refractivity contribution < 1.29 is 18.0 Å². The second-order valence-corrected chi connectivity index (χ2v) is 6.64. The molecule has 1 heterocycles. The molecule has 1 N–H and O–H groups in total. The van der Waals surface area contributed by atoms with Crippen LogP contribution in [0.1, 0.15) is 6.92 Å². The topological polar surface area (TPSA) is 41.5 Å². The molecule has 0 spiro atoms. The van der Waals surface area contributed by atoms with Crippen LogP contribution in [0.25, 0.3) is 0 Å². The minimum Gasteiger partial charge on any atom is -0.323 e. The van der Waals surface area contributed by atoms with Gasteiger partial charge in [0.2, 0.25) is 5.91 Å². The molecule has 1 aromatic carbocycles. The molecule has 0 radical (unpaired) electrons. The average molecular weight is 320 g/mol. The predicted octanol–water partition coefficient (Wildman–Crippen LogP) is 3.27. The van der Waals surface area contributed by atoms with Gasteiger partial charge in [-0.15, -0.1) is 0 Å². The lowest BCUT2D eigenvalue weighted by molar-refractivity contribution is -0.115. The number of anilines is 1. The lowest BCUT2D eigenvalue weighted by Crippen LogP contribution is -2.24. The van der Waals surface area contributed by atoms with Crippen molar-refractivity contribution in [3.63, 3.8) is 0 Å². The summed E-state index contributed by atoms with van der Waals surface area (Å²) in [5.74, 6) is -3.90. The number of nitrogens with zero attached hydrogens (tertiary/aromatic N) is 1. The van der Waals surface area contributed by atoms with Crippen LogP contribution in [0.3, 0.4) is 0 Å². The van der Waals surface area contributed by atoms with Crippen molar-refractivity contribution >= 4 is 39.5 Å². The normalized spacial score (nSPS) is 15.9. The molecule has 3 nitrogen and oxygen atoms in total. The van der Waals surface area contributed by atoms with Crippen molar-refractivity contribution in [2.24, 2.45) is 4.99 Å². The van der Waals surface area contributed by atoms with Gasteiger partial charge < -0.3 is 5.32 Å². The van der Waals surface area contributed by atoms with Crippen LogP contribution in [0, 0.1) is 17.5 Å². The van der Waals surface area contributed by atoms with Gasteiger partial charge in [0.25, 0.3) is 0 Å². The van der Waals surface area contributed by atoms with Gasteiger partial charge in [-0.2, -0.15) is 0 Å². The molecule has 1 atom stereocenters.